The van der Waals surface area contributed by atoms with E-state index in [1.54, 1.807) is 0 Å². The van der Waals surface area contributed by atoms with Crippen molar-refractivity contribution in [2.24, 2.45) is 11.1 Å². The molecule has 2 rings (SSSR count). The van der Waals surface area contributed by atoms with Gasteiger partial charge in [-0.2, -0.15) is 0 Å². The van der Waals surface area contributed by atoms with Crippen molar-refractivity contribution in [3.05, 3.63) is 0 Å². The number of carbonyl (C=O) groups excluding carboxylic acids is 1. The van der Waals surface area contributed by atoms with Crippen LogP contribution in [0.2, 0.25) is 0 Å². The van der Waals surface area contributed by atoms with Crippen molar-refractivity contribution < 1.29 is 9.90 Å². The summed E-state index contributed by atoms with van der Waals surface area (Å²) in [4.78, 5) is 14.1. The molecule has 0 spiro atoms. The number of likely N-dealkylation sites (tertiary alicyclic amines) is 1. The van der Waals surface area contributed by atoms with Crippen LogP contribution in [0.5, 0.6) is 0 Å². The molecule has 1 atom stereocenters. The Morgan fingerprint density at radius 2 is 2.20 bits per heavy atom. The van der Waals surface area contributed by atoms with Gasteiger partial charge in [-0.3, -0.25) is 4.79 Å². The second kappa shape index (κ2) is 4.10. The van der Waals surface area contributed by atoms with Crippen molar-refractivity contribution in [3.8, 4) is 0 Å². The lowest BCUT2D eigenvalue weighted by atomic mass is 9.67. The van der Waals surface area contributed by atoms with Gasteiger partial charge >= 0.3 is 0 Å². The SMILES string of the molecule is NCC1(C(=O)N2CCC[C@@H]2CO)CCC1. The molecule has 1 aliphatic carbocycles. The molecule has 2 aliphatic rings. The van der Waals surface area contributed by atoms with E-state index >= 15 is 0 Å². The van der Waals surface area contributed by atoms with Gasteiger partial charge in [-0.15, -0.1) is 0 Å². The van der Waals surface area contributed by atoms with Crippen molar-refractivity contribution in [2.75, 3.05) is 19.7 Å². The third-order valence-electron chi connectivity index (χ3n) is 4.00. The van der Waals surface area contributed by atoms with Crippen LogP contribution in [0.4, 0.5) is 0 Å². The second-order valence-electron chi connectivity index (χ2n) is 4.82. The van der Waals surface area contributed by atoms with Gasteiger partial charge in [0.2, 0.25) is 5.91 Å². The monoisotopic (exact) mass is 212 g/mol. The average Bonchev–Trinajstić information content (AvgIpc) is 2.64. The predicted octanol–water partition coefficient (Wildman–Crippen LogP) is 0.0987. The van der Waals surface area contributed by atoms with E-state index in [-0.39, 0.29) is 24.0 Å². The van der Waals surface area contributed by atoms with Gasteiger partial charge in [-0.05, 0) is 25.7 Å². The molecular weight excluding hydrogens is 192 g/mol. The number of carbonyl (C=O) groups is 1. The number of hydrogen-bond donors (Lipinski definition) is 2. The lowest BCUT2D eigenvalue weighted by molar-refractivity contribution is -0.148. The van der Waals surface area contributed by atoms with Crippen molar-refractivity contribution >= 4 is 5.91 Å². The van der Waals surface area contributed by atoms with Gasteiger partial charge in [-0.1, -0.05) is 6.42 Å². The smallest absolute Gasteiger partial charge is 0.230 e. The van der Waals surface area contributed by atoms with E-state index in [1.807, 2.05) is 4.90 Å². The van der Waals surface area contributed by atoms with Crippen LogP contribution in [0.1, 0.15) is 32.1 Å². The van der Waals surface area contributed by atoms with E-state index in [4.69, 9.17) is 5.73 Å². The van der Waals surface area contributed by atoms with Gasteiger partial charge in [-0.25, -0.2) is 0 Å². The summed E-state index contributed by atoms with van der Waals surface area (Å²) < 4.78 is 0. The third-order valence-corrected chi connectivity index (χ3v) is 4.00. The Labute approximate surface area is 90.4 Å². The number of rotatable bonds is 3. The zero-order valence-corrected chi connectivity index (χ0v) is 9.11. The molecule has 0 unspecified atom stereocenters. The van der Waals surface area contributed by atoms with Crippen molar-refractivity contribution in [2.45, 2.75) is 38.1 Å². The molecule has 0 aromatic rings. The quantitative estimate of drug-likeness (QED) is 0.697. The Hall–Kier alpha value is -0.610. The Morgan fingerprint density at radius 3 is 2.67 bits per heavy atom. The largest absolute Gasteiger partial charge is 0.394 e. The topological polar surface area (TPSA) is 66.6 Å². The molecule has 4 nitrogen and oxygen atoms in total. The maximum atomic E-state index is 12.3. The Kier molecular flexibility index (Phi) is 2.98. The molecular formula is C11H20N2O2. The minimum Gasteiger partial charge on any atom is -0.394 e. The molecule has 0 radical (unpaired) electrons. The van der Waals surface area contributed by atoms with Crippen molar-refractivity contribution in [1.82, 2.24) is 4.90 Å². The van der Waals surface area contributed by atoms with E-state index in [1.165, 1.54) is 0 Å². The molecule has 1 aliphatic heterocycles. The first-order chi connectivity index (χ1) is 7.23. The Balaban J connectivity index is 2.06. The first kappa shape index (κ1) is 10.9. The number of amides is 1. The van der Waals surface area contributed by atoms with Crippen molar-refractivity contribution in [3.63, 3.8) is 0 Å². The van der Waals surface area contributed by atoms with E-state index in [2.05, 4.69) is 0 Å². The lowest BCUT2D eigenvalue weighted by Crippen LogP contribution is -2.53. The number of aliphatic hydroxyl groups excluding tert-OH is 1. The van der Waals surface area contributed by atoms with Crippen LogP contribution >= 0.6 is 0 Å². The number of aliphatic hydroxyl groups is 1. The summed E-state index contributed by atoms with van der Waals surface area (Å²) in [6, 6.07) is 0.0431. The molecule has 2 fully saturated rings. The number of hydrogen-bond acceptors (Lipinski definition) is 3. The van der Waals surface area contributed by atoms with E-state index in [0.717, 1.165) is 38.6 Å². The van der Waals surface area contributed by atoms with Gasteiger partial charge in [0, 0.05) is 13.1 Å². The van der Waals surface area contributed by atoms with Gasteiger partial charge in [0.25, 0.3) is 0 Å². The minimum absolute atomic E-state index is 0.0431. The summed E-state index contributed by atoms with van der Waals surface area (Å²) >= 11 is 0. The maximum absolute atomic E-state index is 12.3. The highest BCUT2D eigenvalue weighted by atomic mass is 16.3. The van der Waals surface area contributed by atoms with Crippen LogP contribution in [0.3, 0.4) is 0 Å². The van der Waals surface area contributed by atoms with E-state index in [0.29, 0.717) is 6.54 Å². The van der Waals surface area contributed by atoms with Crippen LogP contribution < -0.4 is 5.73 Å². The molecule has 3 N–H and O–H groups in total. The highest BCUT2D eigenvalue weighted by Gasteiger charge is 2.47. The van der Waals surface area contributed by atoms with Crippen LogP contribution in [0.25, 0.3) is 0 Å². The summed E-state index contributed by atoms with van der Waals surface area (Å²) in [5, 5.41) is 9.19. The fourth-order valence-electron chi connectivity index (χ4n) is 2.71. The van der Waals surface area contributed by atoms with Crippen LogP contribution in [-0.4, -0.2) is 41.7 Å². The molecule has 86 valence electrons. The fraction of sp³-hybridized carbons (Fsp3) is 0.909. The van der Waals surface area contributed by atoms with E-state index in [9.17, 15) is 9.90 Å². The van der Waals surface area contributed by atoms with Gasteiger partial charge in [0.1, 0.15) is 0 Å². The maximum Gasteiger partial charge on any atom is 0.230 e. The standard InChI is InChI=1S/C11H20N2O2/c12-8-11(4-2-5-11)10(15)13-6-1-3-9(13)7-14/h9,14H,1-8,12H2/t9-/m1/s1. The molecule has 15 heavy (non-hydrogen) atoms. The summed E-state index contributed by atoms with van der Waals surface area (Å²) in [7, 11) is 0. The minimum atomic E-state index is -0.280. The zero-order chi connectivity index (χ0) is 10.9. The Bertz CT molecular complexity index is 245. The fourth-order valence-corrected chi connectivity index (χ4v) is 2.71. The van der Waals surface area contributed by atoms with Crippen LogP contribution in [-0.2, 0) is 4.79 Å². The molecule has 0 aromatic carbocycles. The predicted molar refractivity (Wildman–Crippen MR) is 57.2 cm³/mol. The van der Waals surface area contributed by atoms with Gasteiger partial charge in [0.05, 0.1) is 18.1 Å². The third kappa shape index (κ3) is 1.66. The molecule has 1 amide bonds. The number of nitrogens with zero attached hydrogens (tertiary/aromatic N) is 1. The molecule has 1 saturated heterocycles. The Morgan fingerprint density at radius 1 is 1.47 bits per heavy atom. The van der Waals surface area contributed by atoms with E-state index < -0.39 is 0 Å². The normalized spacial score (nSPS) is 28.9. The van der Waals surface area contributed by atoms with Crippen molar-refractivity contribution in [1.29, 1.82) is 0 Å². The summed E-state index contributed by atoms with van der Waals surface area (Å²) in [6.07, 6.45) is 4.91. The molecule has 1 heterocycles. The van der Waals surface area contributed by atoms with Crippen LogP contribution in [0, 0.1) is 5.41 Å². The highest BCUT2D eigenvalue weighted by molar-refractivity contribution is 5.84. The molecule has 1 saturated carbocycles. The summed E-state index contributed by atoms with van der Waals surface area (Å²) in [5.41, 5.74) is 5.43. The summed E-state index contributed by atoms with van der Waals surface area (Å²) in [6.45, 7) is 1.35. The zero-order valence-electron chi connectivity index (χ0n) is 9.11. The second-order valence-corrected chi connectivity index (χ2v) is 4.82. The first-order valence-corrected chi connectivity index (χ1v) is 5.85. The highest BCUT2D eigenvalue weighted by Crippen LogP contribution is 2.42. The first-order valence-electron chi connectivity index (χ1n) is 5.85. The molecule has 0 bridgehead atoms. The average molecular weight is 212 g/mol. The van der Waals surface area contributed by atoms with Gasteiger partial charge in [0.15, 0.2) is 0 Å². The van der Waals surface area contributed by atoms with Crippen LogP contribution in [0.15, 0.2) is 0 Å². The summed E-state index contributed by atoms with van der Waals surface area (Å²) in [5.74, 6) is 0.188. The molecule has 0 aromatic heterocycles. The molecule has 4 heteroatoms. The lowest BCUT2D eigenvalue weighted by Gasteiger charge is -2.43. The van der Waals surface area contributed by atoms with Gasteiger partial charge < -0.3 is 15.7 Å². The number of nitrogens with two attached hydrogens (primary N) is 1.